The Kier molecular flexibility index (Phi) is 7.32. The van der Waals surface area contributed by atoms with E-state index >= 15 is 0 Å². The van der Waals surface area contributed by atoms with Gasteiger partial charge in [-0.15, -0.1) is 0 Å². The van der Waals surface area contributed by atoms with Gasteiger partial charge in [-0.05, 0) is 30.7 Å². The van der Waals surface area contributed by atoms with E-state index in [9.17, 15) is 26.8 Å². The average Bonchev–Trinajstić information content (AvgIpc) is 2.67. The Balaban J connectivity index is 2.70. The Morgan fingerprint density at radius 1 is 1.10 bits per heavy atom. The summed E-state index contributed by atoms with van der Waals surface area (Å²) in [6, 6.07) is 7.53. The van der Waals surface area contributed by atoms with Crippen LogP contribution in [0.3, 0.4) is 0 Å². The Morgan fingerprint density at radius 2 is 1.72 bits per heavy atom. The number of ether oxygens (including phenoxy) is 2. The molecule has 2 aromatic rings. The lowest BCUT2D eigenvalue weighted by Crippen LogP contribution is -2.16. The van der Waals surface area contributed by atoms with Crippen molar-refractivity contribution in [1.82, 2.24) is 0 Å². The second kappa shape index (κ2) is 9.32. The van der Waals surface area contributed by atoms with Crippen molar-refractivity contribution in [2.24, 2.45) is 0 Å². The first-order chi connectivity index (χ1) is 13.6. The molecule has 0 amide bonds. The fourth-order valence-electron chi connectivity index (χ4n) is 2.79. The molecule has 2 aromatic carbocycles. The van der Waals surface area contributed by atoms with Crippen LogP contribution in [0.25, 0.3) is 0 Å². The second-order valence-electron chi connectivity index (χ2n) is 5.82. The maximum atomic E-state index is 14.8. The van der Waals surface area contributed by atoms with Crippen LogP contribution in [0.4, 0.5) is 8.78 Å². The third-order valence-corrected chi connectivity index (χ3v) is 5.26. The summed E-state index contributed by atoms with van der Waals surface area (Å²) in [5.74, 6) is -2.58. The molecule has 0 saturated heterocycles. The van der Waals surface area contributed by atoms with E-state index in [4.69, 9.17) is 15.4 Å². The molecular weight excluding hydrogens is 430 g/mol. The van der Waals surface area contributed by atoms with Crippen molar-refractivity contribution >= 4 is 31.7 Å². The van der Waals surface area contributed by atoms with E-state index in [2.05, 4.69) is 4.74 Å². The molecule has 0 aliphatic rings. The Bertz CT molecular complexity index is 1040. The minimum absolute atomic E-state index is 0.0348. The third kappa shape index (κ3) is 5.10. The summed E-state index contributed by atoms with van der Waals surface area (Å²) in [7, 11) is 1.52. The fraction of sp³-hybridized carbons (Fsp3) is 0.263. The molecule has 2 rings (SSSR count). The molecule has 29 heavy (non-hydrogen) atoms. The topological polar surface area (TPSA) is 86.7 Å². The molecule has 10 heteroatoms. The smallest absolute Gasteiger partial charge is 0.338 e. The van der Waals surface area contributed by atoms with Gasteiger partial charge in [0.25, 0.3) is 9.05 Å². The van der Waals surface area contributed by atoms with E-state index in [0.717, 1.165) is 13.2 Å². The van der Waals surface area contributed by atoms with Crippen molar-refractivity contribution in [1.29, 1.82) is 0 Å². The summed E-state index contributed by atoms with van der Waals surface area (Å²) in [4.78, 5) is 24.2. The van der Waals surface area contributed by atoms with Gasteiger partial charge in [0, 0.05) is 28.2 Å². The molecule has 6 nitrogen and oxygen atoms in total. The summed E-state index contributed by atoms with van der Waals surface area (Å²) in [5, 5.41) is 0. The van der Waals surface area contributed by atoms with Crippen molar-refractivity contribution in [2.45, 2.75) is 18.8 Å². The van der Waals surface area contributed by atoms with Crippen LogP contribution in [0.1, 0.15) is 49.8 Å². The van der Waals surface area contributed by atoms with E-state index in [1.807, 2.05) is 0 Å². The Morgan fingerprint density at radius 3 is 2.31 bits per heavy atom. The van der Waals surface area contributed by atoms with Crippen molar-refractivity contribution in [2.75, 3.05) is 13.7 Å². The molecule has 1 atom stereocenters. The number of hydrogen-bond acceptors (Lipinski definition) is 6. The molecule has 0 aromatic heterocycles. The SMILES string of the molecule is CCOC(=O)c1cccc(Cc2c(F)cccc2C(=O)OC)c1C(F)S(=O)(=O)Cl. The summed E-state index contributed by atoms with van der Waals surface area (Å²) in [5.41, 5.74) is -4.03. The average molecular weight is 447 g/mol. The van der Waals surface area contributed by atoms with Gasteiger partial charge in [-0.1, -0.05) is 18.2 Å². The first-order valence-corrected chi connectivity index (χ1v) is 10.7. The minimum atomic E-state index is -4.77. The van der Waals surface area contributed by atoms with E-state index < -0.39 is 44.3 Å². The normalized spacial score (nSPS) is 12.3. The molecule has 0 saturated carbocycles. The highest BCUT2D eigenvalue weighted by Gasteiger charge is 2.32. The summed E-state index contributed by atoms with van der Waals surface area (Å²) in [6.07, 6.45) is -0.396. The summed E-state index contributed by atoms with van der Waals surface area (Å²) < 4.78 is 62.0. The molecule has 0 aliphatic carbocycles. The second-order valence-corrected chi connectivity index (χ2v) is 8.48. The zero-order valence-corrected chi connectivity index (χ0v) is 17.0. The molecule has 156 valence electrons. The Labute approximate surface area is 170 Å². The number of halogens is 3. The van der Waals surface area contributed by atoms with Gasteiger partial charge in [0.2, 0.25) is 5.50 Å². The van der Waals surface area contributed by atoms with Crippen LogP contribution in [0, 0.1) is 5.82 Å². The highest BCUT2D eigenvalue weighted by atomic mass is 35.7. The number of alkyl halides is 1. The zero-order chi connectivity index (χ0) is 21.8. The molecule has 0 heterocycles. The number of rotatable bonds is 7. The predicted molar refractivity (Wildman–Crippen MR) is 102 cm³/mol. The number of benzene rings is 2. The highest BCUT2D eigenvalue weighted by molar-refractivity contribution is 8.13. The van der Waals surface area contributed by atoms with Crippen LogP contribution in [-0.4, -0.2) is 34.1 Å². The first kappa shape index (κ1) is 22.8. The number of carbonyl (C=O) groups is 2. The van der Waals surface area contributed by atoms with Crippen LogP contribution in [0.15, 0.2) is 36.4 Å². The van der Waals surface area contributed by atoms with E-state index in [0.29, 0.717) is 0 Å². The van der Waals surface area contributed by atoms with Crippen LogP contribution in [0.5, 0.6) is 0 Å². The van der Waals surface area contributed by atoms with Crippen LogP contribution >= 0.6 is 10.7 Å². The lowest BCUT2D eigenvalue weighted by atomic mass is 9.93. The van der Waals surface area contributed by atoms with Gasteiger partial charge in [0.15, 0.2) is 0 Å². The fourth-order valence-corrected chi connectivity index (χ4v) is 3.62. The number of carbonyl (C=O) groups excluding carboxylic acids is 2. The quantitative estimate of drug-likeness (QED) is 0.473. The summed E-state index contributed by atoms with van der Waals surface area (Å²) in [6.45, 7) is 1.49. The van der Waals surface area contributed by atoms with E-state index in [1.165, 1.54) is 37.3 Å². The molecule has 0 N–H and O–H groups in total. The van der Waals surface area contributed by atoms with Crippen molar-refractivity contribution in [3.63, 3.8) is 0 Å². The van der Waals surface area contributed by atoms with Gasteiger partial charge >= 0.3 is 11.9 Å². The van der Waals surface area contributed by atoms with Gasteiger partial charge in [0.05, 0.1) is 24.8 Å². The standard InChI is InChI=1S/C19H17ClF2O6S/c1-3-28-19(24)13-8-4-6-11(16(13)17(22)29(20,25)26)10-14-12(18(23)27-2)7-5-9-15(14)21/h4-9,17H,3,10H2,1-2H3. The van der Waals surface area contributed by atoms with E-state index in [1.54, 1.807) is 0 Å². The maximum absolute atomic E-state index is 14.8. The first-order valence-electron chi connectivity index (χ1n) is 8.33. The number of methoxy groups -OCH3 is 1. The molecule has 0 aliphatic heterocycles. The van der Waals surface area contributed by atoms with Gasteiger partial charge in [-0.25, -0.2) is 26.8 Å². The van der Waals surface area contributed by atoms with Gasteiger partial charge in [0.1, 0.15) is 5.82 Å². The predicted octanol–water partition coefficient (Wildman–Crippen LogP) is 3.92. The monoisotopic (exact) mass is 446 g/mol. The van der Waals surface area contributed by atoms with Crippen molar-refractivity contribution < 1.29 is 36.3 Å². The van der Waals surface area contributed by atoms with Crippen LogP contribution < -0.4 is 0 Å². The number of esters is 2. The minimum Gasteiger partial charge on any atom is -0.465 e. The maximum Gasteiger partial charge on any atom is 0.338 e. The molecule has 1 unspecified atom stereocenters. The zero-order valence-electron chi connectivity index (χ0n) is 15.4. The lowest BCUT2D eigenvalue weighted by molar-refractivity contribution is 0.0522. The van der Waals surface area contributed by atoms with E-state index in [-0.39, 0.29) is 28.9 Å². The van der Waals surface area contributed by atoms with Gasteiger partial charge < -0.3 is 9.47 Å². The highest BCUT2D eigenvalue weighted by Crippen LogP contribution is 2.35. The van der Waals surface area contributed by atoms with Crippen LogP contribution in [-0.2, 0) is 24.9 Å². The molecule has 0 spiro atoms. The lowest BCUT2D eigenvalue weighted by Gasteiger charge is -2.17. The van der Waals surface area contributed by atoms with Crippen LogP contribution in [0.2, 0.25) is 0 Å². The van der Waals surface area contributed by atoms with Gasteiger partial charge in [-0.2, -0.15) is 0 Å². The van der Waals surface area contributed by atoms with Crippen molar-refractivity contribution in [3.05, 3.63) is 70.0 Å². The number of hydrogen-bond donors (Lipinski definition) is 0. The van der Waals surface area contributed by atoms with Crippen molar-refractivity contribution in [3.8, 4) is 0 Å². The molecule has 0 fully saturated rings. The molecule has 0 bridgehead atoms. The summed E-state index contributed by atoms with van der Waals surface area (Å²) >= 11 is 0. The largest absolute Gasteiger partial charge is 0.465 e. The Hall–Kier alpha value is -2.52. The third-order valence-electron chi connectivity index (χ3n) is 4.06. The van der Waals surface area contributed by atoms with Gasteiger partial charge in [-0.3, -0.25) is 0 Å². The molecule has 0 radical (unpaired) electrons. The molecular formula is C19H17ClF2O6S.